The van der Waals surface area contributed by atoms with Crippen molar-refractivity contribution in [2.24, 2.45) is 0 Å². The first-order valence-corrected chi connectivity index (χ1v) is 7.21. The van der Waals surface area contributed by atoms with Crippen molar-refractivity contribution >= 4 is 15.9 Å². The van der Waals surface area contributed by atoms with Gasteiger partial charge in [0.1, 0.15) is 18.1 Å². The Morgan fingerprint density at radius 2 is 1.90 bits per heavy atom. The maximum absolute atomic E-state index is 5.93. The van der Waals surface area contributed by atoms with E-state index in [1.165, 1.54) is 0 Å². The molecule has 20 heavy (non-hydrogen) atoms. The number of hydrogen-bond donors (Lipinski definition) is 1. The summed E-state index contributed by atoms with van der Waals surface area (Å²) in [5.74, 6) is 1.73. The van der Waals surface area contributed by atoms with Gasteiger partial charge in [-0.25, -0.2) is 0 Å². The monoisotopic (exact) mass is 335 g/mol. The quantitative estimate of drug-likeness (QED) is 0.871. The van der Waals surface area contributed by atoms with Gasteiger partial charge in [-0.05, 0) is 31.3 Å². The first-order chi connectivity index (χ1) is 9.74. The topological polar surface area (TPSA) is 30.5 Å². The van der Waals surface area contributed by atoms with Gasteiger partial charge in [0.25, 0.3) is 0 Å². The predicted octanol–water partition coefficient (Wildman–Crippen LogP) is 3.76. The van der Waals surface area contributed by atoms with Gasteiger partial charge in [0.05, 0.1) is 7.11 Å². The highest BCUT2D eigenvalue weighted by Crippen LogP contribution is 2.25. The zero-order valence-corrected chi connectivity index (χ0v) is 13.2. The van der Waals surface area contributed by atoms with Gasteiger partial charge in [-0.15, -0.1) is 0 Å². The zero-order valence-electron chi connectivity index (χ0n) is 11.7. The standard InChI is InChI=1S/C16H18BrNO2/c1-18-10-12-5-3-4-6-16(12)20-11-13-9-14(19-2)7-8-15(13)17/h3-9,18H,10-11H2,1-2H3. The van der Waals surface area contributed by atoms with E-state index in [9.17, 15) is 0 Å². The molecule has 4 heteroatoms. The summed E-state index contributed by atoms with van der Waals surface area (Å²) in [4.78, 5) is 0. The SMILES string of the molecule is CNCc1ccccc1OCc1cc(OC)ccc1Br. The van der Waals surface area contributed by atoms with E-state index < -0.39 is 0 Å². The summed E-state index contributed by atoms with van der Waals surface area (Å²) >= 11 is 3.53. The number of nitrogens with one attached hydrogen (secondary N) is 1. The number of methoxy groups -OCH3 is 1. The van der Waals surface area contributed by atoms with E-state index in [-0.39, 0.29) is 0 Å². The van der Waals surface area contributed by atoms with Crippen LogP contribution < -0.4 is 14.8 Å². The van der Waals surface area contributed by atoms with Crippen LogP contribution in [0.2, 0.25) is 0 Å². The Labute approximate surface area is 128 Å². The highest BCUT2D eigenvalue weighted by molar-refractivity contribution is 9.10. The van der Waals surface area contributed by atoms with E-state index in [4.69, 9.17) is 9.47 Å². The third-order valence-electron chi connectivity index (χ3n) is 2.98. The highest BCUT2D eigenvalue weighted by Gasteiger charge is 2.06. The molecule has 0 saturated heterocycles. The lowest BCUT2D eigenvalue weighted by Crippen LogP contribution is -2.07. The molecule has 2 rings (SSSR count). The number of ether oxygens (including phenoxy) is 2. The maximum Gasteiger partial charge on any atom is 0.124 e. The van der Waals surface area contributed by atoms with E-state index in [2.05, 4.69) is 27.3 Å². The summed E-state index contributed by atoms with van der Waals surface area (Å²) < 4.78 is 12.2. The van der Waals surface area contributed by atoms with Crippen molar-refractivity contribution in [1.82, 2.24) is 5.32 Å². The molecule has 0 fully saturated rings. The van der Waals surface area contributed by atoms with E-state index in [1.54, 1.807) is 7.11 Å². The fraction of sp³-hybridized carbons (Fsp3) is 0.250. The molecule has 0 aromatic heterocycles. The molecular weight excluding hydrogens is 318 g/mol. The van der Waals surface area contributed by atoms with Gasteiger partial charge in [-0.3, -0.25) is 0 Å². The second-order valence-corrected chi connectivity index (χ2v) is 5.24. The molecule has 0 aliphatic rings. The molecule has 0 heterocycles. The predicted molar refractivity (Wildman–Crippen MR) is 84.2 cm³/mol. The lowest BCUT2D eigenvalue weighted by Gasteiger charge is -2.13. The van der Waals surface area contributed by atoms with Crippen LogP contribution in [0.5, 0.6) is 11.5 Å². The second kappa shape index (κ2) is 7.31. The molecule has 0 unspecified atom stereocenters. The Kier molecular flexibility index (Phi) is 5.44. The summed E-state index contributed by atoms with van der Waals surface area (Å²) in [6.45, 7) is 1.29. The van der Waals surface area contributed by atoms with E-state index in [0.29, 0.717) is 6.61 Å². The van der Waals surface area contributed by atoms with Crippen molar-refractivity contribution in [3.05, 3.63) is 58.1 Å². The third-order valence-corrected chi connectivity index (χ3v) is 3.75. The average molecular weight is 336 g/mol. The Hall–Kier alpha value is -1.52. The first-order valence-electron chi connectivity index (χ1n) is 6.42. The Balaban J connectivity index is 2.12. The molecule has 0 aliphatic carbocycles. The van der Waals surface area contributed by atoms with Gasteiger partial charge < -0.3 is 14.8 Å². The summed E-state index contributed by atoms with van der Waals surface area (Å²) in [5.41, 5.74) is 2.21. The van der Waals surface area contributed by atoms with Gasteiger partial charge in [-0.1, -0.05) is 34.1 Å². The fourth-order valence-electron chi connectivity index (χ4n) is 1.93. The third kappa shape index (κ3) is 3.74. The number of para-hydroxylation sites is 1. The minimum absolute atomic E-state index is 0.499. The molecule has 3 nitrogen and oxygen atoms in total. The fourth-order valence-corrected chi connectivity index (χ4v) is 2.29. The number of hydrogen-bond acceptors (Lipinski definition) is 3. The molecule has 106 valence electrons. The summed E-state index contributed by atoms with van der Waals surface area (Å²) in [6, 6.07) is 13.9. The van der Waals surface area contributed by atoms with Gasteiger partial charge in [0, 0.05) is 22.1 Å². The zero-order chi connectivity index (χ0) is 14.4. The smallest absolute Gasteiger partial charge is 0.124 e. The van der Waals surface area contributed by atoms with E-state index >= 15 is 0 Å². The molecule has 0 aliphatic heterocycles. The molecule has 0 amide bonds. The second-order valence-electron chi connectivity index (χ2n) is 4.38. The van der Waals surface area contributed by atoms with Gasteiger partial charge in [0.15, 0.2) is 0 Å². The number of benzene rings is 2. The van der Waals surface area contributed by atoms with Gasteiger partial charge in [0.2, 0.25) is 0 Å². The molecule has 2 aromatic rings. The van der Waals surface area contributed by atoms with Crippen LogP contribution in [-0.4, -0.2) is 14.2 Å². The Morgan fingerprint density at radius 3 is 2.65 bits per heavy atom. The van der Waals surface area contributed by atoms with Crippen molar-refractivity contribution in [1.29, 1.82) is 0 Å². The number of halogens is 1. The first kappa shape index (κ1) is 14.9. The minimum Gasteiger partial charge on any atom is -0.497 e. The molecule has 0 spiro atoms. The molecular formula is C16H18BrNO2. The van der Waals surface area contributed by atoms with E-state index in [1.807, 2.05) is 43.4 Å². The summed E-state index contributed by atoms with van der Waals surface area (Å²) in [5, 5.41) is 3.14. The van der Waals surface area contributed by atoms with Crippen LogP contribution >= 0.6 is 15.9 Å². The van der Waals surface area contributed by atoms with Crippen LogP contribution in [0.25, 0.3) is 0 Å². The molecule has 0 bridgehead atoms. The Morgan fingerprint density at radius 1 is 1.10 bits per heavy atom. The van der Waals surface area contributed by atoms with Crippen LogP contribution in [0.1, 0.15) is 11.1 Å². The number of rotatable bonds is 6. The van der Waals surface area contributed by atoms with Crippen LogP contribution in [0.3, 0.4) is 0 Å². The average Bonchev–Trinajstić information content (AvgIpc) is 2.48. The van der Waals surface area contributed by atoms with Crippen LogP contribution in [0.4, 0.5) is 0 Å². The molecule has 1 N–H and O–H groups in total. The lowest BCUT2D eigenvalue weighted by atomic mass is 10.2. The Bertz CT molecular complexity index is 572. The van der Waals surface area contributed by atoms with Crippen molar-refractivity contribution in [2.45, 2.75) is 13.2 Å². The molecule has 2 aromatic carbocycles. The molecule has 0 radical (unpaired) electrons. The summed E-state index contributed by atoms with van der Waals surface area (Å²) in [7, 11) is 3.59. The largest absolute Gasteiger partial charge is 0.497 e. The van der Waals surface area contributed by atoms with Crippen LogP contribution in [0, 0.1) is 0 Å². The van der Waals surface area contributed by atoms with Crippen molar-refractivity contribution in [2.75, 3.05) is 14.2 Å². The van der Waals surface area contributed by atoms with Crippen LogP contribution in [-0.2, 0) is 13.2 Å². The van der Waals surface area contributed by atoms with Gasteiger partial charge in [-0.2, -0.15) is 0 Å². The van der Waals surface area contributed by atoms with Crippen molar-refractivity contribution < 1.29 is 9.47 Å². The highest BCUT2D eigenvalue weighted by atomic mass is 79.9. The maximum atomic E-state index is 5.93. The lowest BCUT2D eigenvalue weighted by molar-refractivity contribution is 0.300. The normalized spacial score (nSPS) is 10.3. The summed E-state index contributed by atoms with van der Waals surface area (Å²) in [6.07, 6.45) is 0. The minimum atomic E-state index is 0.499. The van der Waals surface area contributed by atoms with Crippen molar-refractivity contribution in [3.8, 4) is 11.5 Å². The van der Waals surface area contributed by atoms with Gasteiger partial charge >= 0.3 is 0 Å². The van der Waals surface area contributed by atoms with Crippen LogP contribution in [0.15, 0.2) is 46.9 Å². The molecule has 0 atom stereocenters. The van der Waals surface area contributed by atoms with Crippen molar-refractivity contribution in [3.63, 3.8) is 0 Å². The molecule has 0 saturated carbocycles. The van der Waals surface area contributed by atoms with E-state index in [0.717, 1.165) is 33.6 Å².